The molecular weight excluding hydrogens is 2010 g/mol. The summed E-state index contributed by atoms with van der Waals surface area (Å²) in [6.45, 7) is 46.9. The largest absolute Gasteiger partial charge is 0.354 e. The lowest BCUT2D eigenvalue weighted by Crippen LogP contribution is -2.11. The molecule has 0 aliphatic rings. The highest BCUT2D eigenvalue weighted by Crippen LogP contribution is 2.35. The van der Waals surface area contributed by atoms with Crippen molar-refractivity contribution < 1.29 is 87.4 Å². The maximum atomic E-state index is 12.0. The maximum absolute atomic E-state index is 12.0. The van der Waals surface area contributed by atoms with Crippen molar-refractivity contribution in [2.45, 2.75) is 261 Å². The highest BCUT2D eigenvalue weighted by atomic mass is 32.2. The van der Waals surface area contributed by atoms with Gasteiger partial charge in [0, 0.05) is 39.3 Å². The molecule has 2 amide bonds. The smallest absolute Gasteiger partial charge is 0.296 e. The Morgan fingerprint density at radius 2 is 0.453 bits per heavy atom. The van der Waals surface area contributed by atoms with Crippen molar-refractivity contribution in [2.24, 2.45) is 0 Å². The fourth-order valence-corrected chi connectivity index (χ4v) is 17.3. The second-order valence-corrected chi connectivity index (χ2v) is 42.3. The molecule has 0 spiro atoms. The third kappa shape index (κ3) is 52.0. The van der Waals surface area contributed by atoms with Crippen LogP contribution in [0.3, 0.4) is 0 Å². The standard InChI is InChI=1S/C16H17NO.C16H16O6S2.C15H15NO.C14H15NO3S.C14H14O6S2.C9H12.C8H10O3S.2C8H10.C3H8.C2H6.8CH4/c1-11-4-7-14(8-5-11)16(18)17-15-9-6-12(2)13(3)10-15;1-11-3-5-13(15(9-11)23(17,18)19)7-8-14-6-4-12(2)10-16(14)24(20,21)22;1-11-3-7-13(8-4-11)15(17)16-14-9-5-12(2)6-10-14;1-10-3-6-12(7-4-10)15-13-8-5-11(2)9-14(13)19(16,17)18;1-9-3-5-11(13(7-9)21(15,16)17)12-6-4-10(2)8-14(12)22(18,19)20;1-7-4-5-8(2)9(3)6-7;1-6-3-4-7(2)8(5-6)12(9,10)11;1-7-3-5-8(2)6-4-7;1-7-4-3-5-8(2)6-7;1-3-2;1-2;;;;;;;;/h4-10H,1-3H3,(H,17,18);3-10H,1-2H3,(H,17,18,19)(H,20,21,22);3-10H,1-2H3,(H,16,17);3-9,15H,1-2H3,(H,16,17,18);3-8H,1-2H3,(H,15,16,17)(H,18,19,20);4-6H,1-3H3;3-5H,1-2H3,(H,9,10,11);2*3-6H,1-2H3;3H2,1-2H3;1-2H3;8*1H4/b;8-7+;;;;;;;;;;;;;;;;;. The molecule has 0 unspecified atom stereocenters. The molecule has 23 nitrogen and oxygen atoms in total. The van der Waals surface area contributed by atoms with Crippen molar-refractivity contribution in [1.29, 1.82) is 0 Å². The summed E-state index contributed by atoms with van der Waals surface area (Å²) in [5, 5.41) is 8.77. The van der Waals surface area contributed by atoms with Crippen molar-refractivity contribution in [3.8, 4) is 11.1 Å². The SMILES string of the molecule is C.C.C.C.C.C.C.C.CC.CCC.Cc1ccc(-c2ccc(C)cc2S(=O)(=O)O)c(S(=O)(=O)O)c1.Cc1ccc(/C=C/c2ccc(C)cc2S(=O)(=O)O)c(S(=O)(=O)O)c1.Cc1ccc(C(=O)Nc2ccc(C)c(C)c2)cc1.Cc1ccc(C)c(C)c1.Cc1ccc(C)c(S(=O)(=O)O)c1.Cc1ccc(C)cc1.Cc1ccc(NC(=O)c2ccc(C)cc2)cc1.Cc1ccc(Nc2ccc(C)cc2S(=O)(=O)O)cc1.Cc1cccc(C)c1. The second-order valence-electron chi connectivity index (χ2n) is 33.9. The molecule has 14 rings (SSSR count). The lowest BCUT2D eigenvalue weighted by atomic mass is 10.0. The van der Waals surface area contributed by atoms with Gasteiger partial charge < -0.3 is 16.0 Å². The molecule has 0 saturated heterocycles. The number of aryl methyl sites for hydroxylation is 20. The van der Waals surface area contributed by atoms with E-state index in [1.165, 1.54) is 135 Å². The Kier molecular flexibility index (Phi) is 65.9. The van der Waals surface area contributed by atoms with Gasteiger partial charge in [0.1, 0.15) is 24.5 Å². The zero-order chi connectivity index (χ0) is 107. The minimum atomic E-state index is -4.55. The van der Waals surface area contributed by atoms with Crippen molar-refractivity contribution in [2.75, 3.05) is 16.0 Å². The van der Waals surface area contributed by atoms with Crippen molar-refractivity contribution in [3.63, 3.8) is 0 Å². The molecular formula is C121H165N3O20S6. The molecule has 0 aromatic heterocycles. The van der Waals surface area contributed by atoms with Gasteiger partial charge in [0.05, 0.1) is 10.6 Å². The van der Waals surface area contributed by atoms with E-state index in [0.717, 1.165) is 44.9 Å². The minimum absolute atomic E-state index is 0. The van der Waals surface area contributed by atoms with E-state index in [9.17, 15) is 82.9 Å². The molecule has 29 heteroatoms. The van der Waals surface area contributed by atoms with Crippen LogP contribution in [-0.4, -0.2) is 89.6 Å². The monoisotopic (exact) mass is 2170 g/mol. The Labute approximate surface area is 901 Å². The van der Waals surface area contributed by atoms with Gasteiger partial charge in [-0.1, -0.05) is 344 Å². The lowest BCUT2D eigenvalue weighted by Gasteiger charge is -2.12. The number of carbonyl (C=O) groups is 2. The van der Waals surface area contributed by atoms with Crippen LogP contribution in [0.2, 0.25) is 0 Å². The number of benzene rings is 14. The highest BCUT2D eigenvalue weighted by Gasteiger charge is 2.25. The van der Waals surface area contributed by atoms with Gasteiger partial charge >= 0.3 is 0 Å². The molecule has 150 heavy (non-hydrogen) atoms. The van der Waals surface area contributed by atoms with Gasteiger partial charge in [-0.2, -0.15) is 50.5 Å². The van der Waals surface area contributed by atoms with Gasteiger partial charge in [0.2, 0.25) is 0 Å². The Hall–Kier alpha value is -13.0. The molecule has 0 heterocycles. The molecule has 0 fully saturated rings. The predicted octanol–water partition coefficient (Wildman–Crippen LogP) is 32.4. The number of amides is 2. The van der Waals surface area contributed by atoms with Crippen LogP contribution < -0.4 is 16.0 Å². The summed E-state index contributed by atoms with van der Waals surface area (Å²) in [6.07, 6.45) is 3.98. The minimum Gasteiger partial charge on any atom is -0.354 e. The van der Waals surface area contributed by atoms with E-state index in [0.29, 0.717) is 44.6 Å². The molecule has 0 atom stereocenters. The second kappa shape index (κ2) is 68.0. The van der Waals surface area contributed by atoms with Crippen LogP contribution in [0.25, 0.3) is 23.3 Å². The molecule has 0 aliphatic carbocycles. The number of nitrogens with one attached hydrogen (secondary N) is 3. The Bertz CT molecular complexity index is 7160. The zero-order valence-corrected chi connectivity index (χ0v) is 89.8. The van der Waals surface area contributed by atoms with E-state index < -0.39 is 70.5 Å². The topological polar surface area (TPSA) is 396 Å². The zero-order valence-electron chi connectivity index (χ0n) is 84.9. The van der Waals surface area contributed by atoms with E-state index in [-0.39, 0.29) is 113 Å². The summed E-state index contributed by atoms with van der Waals surface area (Å²) in [5.74, 6) is -0.146. The third-order valence-electron chi connectivity index (χ3n) is 20.6. The summed E-state index contributed by atoms with van der Waals surface area (Å²) < 4.78 is 192. The van der Waals surface area contributed by atoms with Crippen molar-refractivity contribution >= 4 is 107 Å². The first kappa shape index (κ1) is 145. The number of anilines is 4. The third-order valence-corrected chi connectivity index (χ3v) is 26.1. The van der Waals surface area contributed by atoms with Crippen molar-refractivity contribution in [1.82, 2.24) is 0 Å². The Morgan fingerprint density at radius 1 is 0.227 bits per heavy atom. The first-order valence-corrected chi connectivity index (χ1v) is 53.8. The predicted molar refractivity (Wildman–Crippen MR) is 632 cm³/mol. The number of rotatable bonds is 15. The van der Waals surface area contributed by atoms with E-state index in [1.54, 1.807) is 97.0 Å². The maximum Gasteiger partial charge on any atom is 0.296 e. The summed E-state index contributed by atoms with van der Waals surface area (Å²) in [5.41, 5.74) is 25.6. The molecule has 0 saturated carbocycles. The summed E-state index contributed by atoms with van der Waals surface area (Å²) >= 11 is 0. The average molecular weight is 2170 g/mol. The Morgan fingerprint density at radius 3 is 0.747 bits per heavy atom. The fourth-order valence-electron chi connectivity index (χ4n) is 12.6. The first-order chi connectivity index (χ1) is 66.1. The molecule has 14 aromatic rings. The van der Waals surface area contributed by atoms with Gasteiger partial charge in [-0.25, -0.2) is 0 Å². The van der Waals surface area contributed by atoms with E-state index in [2.05, 4.69) is 152 Å². The molecule has 0 aliphatic heterocycles. The van der Waals surface area contributed by atoms with Crippen molar-refractivity contribution in [3.05, 3.63) is 425 Å². The highest BCUT2D eigenvalue weighted by molar-refractivity contribution is 7.87. The fraction of sp³-hybridized carbons (Fsp3) is 0.273. The van der Waals surface area contributed by atoms with Gasteiger partial charge in [-0.3, -0.25) is 36.9 Å². The molecule has 0 bridgehead atoms. The number of carbonyl (C=O) groups excluding carboxylic acids is 2. The van der Waals surface area contributed by atoms with Gasteiger partial charge in [0.25, 0.3) is 72.5 Å². The molecule has 14 aromatic carbocycles. The first-order valence-electron chi connectivity index (χ1n) is 45.1. The normalized spacial score (nSPS) is 10.3. The van der Waals surface area contributed by atoms with E-state index >= 15 is 0 Å². The van der Waals surface area contributed by atoms with Crippen LogP contribution in [0.15, 0.2) is 321 Å². The van der Waals surface area contributed by atoms with Gasteiger partial charge in [-0.15, -0.1) is 0 Å². The number of hydrogen-bond donors (Lipinski definition) is 9. The lowest BCUT2D eigenvalue weighted by molar-refractivity contribution is 0.101. The van der Waals surface area contributed by atoms with Crippen LogP contribution in [0.4, 0.5) is 22.7 Å². The molecule has 9 N–H and O–H groups in total. The summed E-state index contributed by atoms with van der Waals surface area (Å²) in [4.78, 5) is 22.4. The molecule has 0 radical (unpaired) electrons. The van der Waals surface area contributed by atoms with Crippen LogP contribution in [0.1, 0.15) is 237 Å². The van der Waals surface area contributed by atoms with Crippen LogP contribution >= 0.6 is 0 Å². The van der Waals surface area contributed by atoms with Crippen LogP contribution in [-0.2, 0) is 60.7 Å². The average Bonchev–Trinajstić information content (AvgIpc) is 0.769. The number of hydrogen-bond acceptors (Lipinski definition) is 15. The van der Waals surface area contributed by atoms with E-state index in [4.69, 9.17) is 4.55 Å². The van der Waals surface area contributed by atoms with Crippen LogP contribution in [0, 0.1) is 138 Å². The summed E-state index contributed by atoms with van der Waals surface area (Å²) in [6, 6.07) is 86.9. The Balaban J connectivity index is -0.000000529. The van der Waals surface area contributed by atoms with Gasteiger partial charge in [0.15, 0.2) is 0 Å². The quantitative estimate of drug-likeness (QED) is 0.0340. The van der Waals surface area contributed by atoms with E-state index in [1.807, 2.05) is 164 Å². The van der Waals surface area contributed by atoms with Gasteiger partial charge in [-0.05, 0) is 314 Å². The molecule has 820 valence electrons. The van der Waals surface area contributed by atoms with Crippen LogP contribution in [0.5, 0.6) is 0 Å². The summed E-state index contributed by atoms with van der Waals surface area (Å²) in [7, 11) is -26.3.